The quantitative estimate of drug-likeness (QED) is 0.475. The molecule has 2 N–H and O–H groups in total. The molecule has 0 saturated heterocycles. The summed E-state index contributed by atoms with van der Waals surface area (Å²) in [4.78, 5) is 26.6. The van der Waals surface area contributed by atoms with E-state index in [1.54, 1.807) is 6.33 Å². The Bertz CT molecular complexity index is 1390. The molecule has 8 heteroatoms. The highest BCUT2D eigenvalue weighted by Gasteiger charge is 2.16. The summed E-state index contributed by atoms with van der Waals surface area (Å²) in [5.74, 6) is 1.05. The molecule has 0 amide bonds. The van der Waals surface area contributed by atoms with Gasteiger partial charge in [0.15, 0.2) is 0 Å². The van der Waals surface area contributed by atoms with Gasteiger partial charge in [0.1, 0.15) is 11.5 Å². The first-order valence-corrected chi connectivity index (χ1v) is 10.3. The molecule has 152 valence electrons. The molecule has 8 nitrogen and oxygen atoms in total. The summed E-state index contributed by atoms with van der Waals surface area (Å²) in [6, 6.07) is 11.9. The summed E-state index contributed by atoms with van der Waals surface area (Å²) < 4.78 is 2.20. The predicted octanol–water partition coefficient (Wildman–Crippen LogP) is 3.36. The number of pyridine rings is 3. The third kappa shape index (κ3) is 3.17. The van der Waals surface area contributed by atoms with E-state index in [-0.39, 0.29) is 0 Å². The minimum atomic E-state index is 0.772. The molecule has 0 atom stereocenters. The van der Waals surface area contributed by atoms with E-state index in [0.29, 0.717) is 0 Å². The average Bonchev–Trinajstić information content (AvgIpc) is 3.46. The van der Waals surface area contributed by atoms with E-state index in [2.05, 4.69) is 36.0 Å². The number of nitrogens with one attached hydrogen (secondary N) is 2. The molecule has 0 radical (unpaired) electrons. The van der Waals surface area contributed by atoms with Crippen molar-refractivity contribution in [2.24, 2.45) is 0 Å². The van der Waals surface area contributed by atoms with Crippen LogP contribution in [0.15, 0.2) is 55.1 Å². The van der Waals surface area contributed by atoms with Crippen LogP contribution in [0.5, 0.6) is 0 Å². The average molecular weight is 408 g/mol. The van der Waals surface area contributed by atoms with E-state index < -0.39 is 0 Å². The largest absolute Gasteiger partial charge is 0.343 e. The summed E-state index contributed by atoms with van der Waals surface area (Å²) in [7, 11) is 0. The first kappa shape index (κ1) is 17.9. The summed E-state index contributed by atoms with van der Waals surface area (Å²) in [5, 5.41) is 3.35. The molecule has 5 aromatic rings. The van der Waals surface area contributed by atoms with Crippen molar-refractivity contribution >= 4 is 11.0 Å². The lowest BCUT2D eigenvalue weighted by Crippen LogP contribution is -2.27. The molecular weight excluding hydrogens is 388 g/mol. The molecule has 1 aliphatic rings. The Morgan fingerprint density at radius 2 is 1.90 bits per heavy atom. The maximum Gasteiger partial charge on any atom is 0.123 e. The van der Waals surface area contributed by atoms with Crippen LogP contribution in [0, 0.1) is 6.92 Å². The van der Waals surface area contributed by atoms with Gasteiger partial charge in [-0.05, 0) is 37.3 Å². The lowest BCUT2D eigenvalue weighted by molar-refractivity contribution is 0.505. The standard InChI is InChI=1S/C23H20N8/c1-14-3-2-4-17(28-14)22-23(27-13-26-22)18-6-5-16-19(29-18)9-15(10-25-16)20-12-31-8-7-24-11-21(31)30-20/h2-6,9-10,12-13,24H,7-8,11H2,1H3,(H,26,27). The first-order valence-electron chi connectivity index (χ1n) is 10.3. The van der Waals surface area contributed by atoms with Gasteiger partial charge in [0.25, 0.3) is 0 Å². The number of nitrogens with zero attached hydrogens (tertiary/aromatic N) is 6. The summed E-state index contributed by atoms with van der Waals surface area (Å²) in [6.45, 7) is 4.66. The van der Waals surface area contributed by atoms with Crippen LogP contribution < -0.4 is 5.32 Å². The van der Waals surface area contributed by atoms with Crippen LogP contribution in [0.2, 0.25) is 0 Å². The van der Waals surface area contributed by atoms with E-state index in [0.717, 1.165) is 76.2 Å². The fourth-order valence-electron chi connectivity index (χ4n) is 3.97. The SMILES string of the molecule is Cc1cccc(-c2[nH]cnc2-c2ccc3ncc(-c4cn5c(n4)CNCC5)cc3n2)n1. The molecule has 31 heavy (non-hydrogen) atoms. The molecule has 0 aliphatic carbocycles. The number of H-pyrrole nitrogens is 1. The number of aromatic amines is 1. The molecular formula is C23H20N8. The van der Waals surface area contributed by atoms with Gasteiger partial charge in [-0.3, -0.25) is 9.97 Å². The normalized spacial score (nSPS) is 13.5. The highest BCUT2D eigenvalue weighted by molar-refractivity contribution is 5.83. The molecule has 6 rings (SSSR count). The van der Waals surface area contributed by atoms with Crippen LogP contribution in [0.1, 0.15) is 11.5 Å². The van der Waals surface area contributed by atoms with Gasteiger partial charge in [-0.15, -0.1) is 0 Å². The van der Waals surface area contributed by atoms with Crippen molar-refractivity contribution in [3.05, 3.63) is 66.6 Å². The number of hydrogen-bond donors (Lipinski definition) is 2. The van der Waals surface area contributed by atoms with E-state index >= 15 is 0 Å². The molecule has 0 fully saturated rings. The van der Waals surface area contributed by atoms with Crippen LogP contribution in [0.3, 0.4) is 0 Å². The van der Waals surface area contributed by atoms with Crippen molar-refractivity contribution in [2.75, 3.05) is 6.54 Å². The Kier molecular flexibility index (Phi) is 4.10. The first-order chi connectivity index (χ1) is 15.2. The zero-order valence-electron chi connectivity index (χ0n) is 17.0. The van der Waals surface area contributed by atoms with Gasteiger partial charge in [0.05, 0.1) is 46.7 Å². The van der Waals surface area contributed by atoms with E-state index in [9.17, 15) is 0 Å². The van der Waals surface area contributed by atoms with Crippen LogP contribution in [-0.4, -0.2) is 41.0 Å². The predicted molar refractivity (Wildman–Crippen MR) is 118 cm³/mol. The van der Waals surface area contributed by atoms with Gasteiger partial charge >= 0.3 is 0 Å². The second-order valence-electron chi connectivity index (χ2n) is 7.66. The fraction of sp³-hybridized carbons (Fsp3) is 0.174. The fourth-order valence-corrected chi connectivity index (χ4v) is 3.97. The number of aromatic nitrogens is 7. The number of aryl methyl sites for hydroxylation is 1. The third-order valence-corrected chi connectivity index (χ3v) is 5.53. The van der Waals surface area contributed by atoms with Crippen molar-refractivity contribution in [1.29, 1.82) is 0 Å². The van der Waals surface area contributed by atoms with E-state index in [1.807, 2.05) is 49.5 Å². The minimum absolute atomic E-state index is 0.772. The van der Waals surface area contributed by atoms with Gasteiger partial charge in [-0.2, -0.15) is 0 Å². The zero-order valence-corrected chi connectivity index (χ0v) is 17.0. The lowest BCUT2D eigenvalue weighted by atomic mass is 10.1. The lowest BCUT2D eigenvalue weighted by Gasteiger charge is -2.13. The van der Waals surface area contributed by atoms with Gasteiger partial charge < -0.3 is 14.9 Å². The Labute approximate surface area is 178 Å². The molecule has 0 aromatic carbocycles. The smallest absolute Gasteiger partial charge is 0.123 e. The van der Waals surface area contributed by atoms with E-state index in [4.69, 9.17) is 9.97 Å². The molecule has 0 saturated carbocycles. The Hall–Kier alpha value is -3.91. The monoisotopic (exact) mass is 408 g/mol. The highest BCUT2D eigenvalue weighted by atomic mass is 15.1. The second-order valence-corrected chi connectivity index (χ2v) is 7.66. The minimum Gasteiger partial charge on any atom is -0.343 e. The molecule has 5 aromatic heterocycles. The van der Waals surface area contributed by atoms with Crippen LogP contribution in [0.4, 0.5) is 0 Å². The van der Waals surface area contributed by atoms with Crippen molar-refractivity contribution in [3.8, 4) is 34.0 Å². The molecule has 0 spiro atoms. The van der Waals surface area contributed by atoms with Crippen molar-refractivity contribution in [2.45, 2.75) is 20.0 Å². The van der Waals surface area contributed by atoms with Crippen LogP contribution in [-0.2, 0) is 13.1 Å². The Morgan fingerprint density at radius 1 is 0.935 bits per heavy atom. The number of imidazole rings is 2. The van der Waals surface area contributed by atoms with Crippen LogP contribution in [0.25, 0.3) is 45.1 Å². The summed E-state index contributed by atoms with van der Waals surface area (Å²) >= 11 is 0. The van der Waals surface area contributed by atoms with Gasteiger partial charge in [-0.25, -0.2) is 15.0 Å². The highest BCUT2D eigenvalue weighted by Crippen LogP contribution is 2.29. The third-order valence-electron chi connectivity index (χ3n) is 5.53. The summed E-state index contributed by atoms with van der Waals surface area (Å²) in [6.07, 6.45) is 5.64. The van der Waals surface area contributed by atoms with Crippen molar-refractivity contribution in [3.63, 3.8) is 0 Å². The molecule has 0 unspecified atom stereocenters. The maximum atomic E-state index is 4.87. The Balaban J connectivity index is 1.42. The van der Waals surface area contributed by atoms with Crippen molar-refractivity contribution < 1.29 is 0 Å². The maximum absolute atomic E-state index is 4.87. The second kappa shape index (κ2) is 7.10. The van der Waals surface area contributed by atoms with E-state index in [1.165, 1.54) is 0 Å². The number of fused-ring (bicyclic) bond motifs is 2. The van der Waals surface area contributed by atoms with Crippen molar-refractivity contribution in [1.82, 2.24) is 39.8 Å². The summed E-state index contributed by atoms with van der Waals surface area (Å²) in [5.41, 5.74) is 7.73. The number of rotatable bonds is 3. The Morgan fingerprint density at radius 3 is 2.81 bits per heavy atom. The van der Waals surface area contributed by atoms with Gasteiger partial charge in [0.2, 0.25) is 0 Å². The number of hydrogen-bond acceptors (Lipinski definition) is 6. The molecule has 1 aliphatic heterocycles. The molecule has 6 heterocycles. The van der Waals surface area contributed by atoms with Gasteiger partial charge in [-0.1, -0.05) is 6.07 Å². The van der Waals surface area contributed by atoms with Gasteiger partial charge in [0, 0.05) is 36.7 Å². The topological polar surface area (TPSA) is 97.2 Å². The van der Waals surface area contributed by atoms with Crippen LogP contribution >= 0.6 is 0 Å². The molecule has 0 bridgehead atoms. The zero-order chi connectivity index (χ0) is 20.8.